The summed E-state index contributed by atoms with van der Waals surface area (Å²) < 4.78 is 12.2. The topological polar surface area (TPSA) is 64.6 Å². The van der Waals surface area contributed by atoms with Crippen LogP contribution in [0.1, 0.15) is 45.1 Å². The van der Waals surface area contributed by atoms with Gasteiger partial charge in [0.25, 0.3) is 0 Å². The van der Waals surface area contributed by atoms with E-state index in [0.717, 1.165) is 34.2 Å². The normalized spacial score (nSPS) is 20.2. The highest BCUT2D eigenvalue weighted by Crippen LogP contribution is 2.44. The molecular weight excluding hydrogens is 434 g/mol. The van der Waals surface area contributed by atoms with Gasteiger partial charge in [0.15, 0.2) is 5.78 Å². The van der Waals surface area contributed by atoms with E-state index in [9.17, 15) is 9.59 Å². The third-order valence-corrected chi connectivity index (χ3v) is 7.24. The average molecular weight is 460 g/mol. The molecule has 0 spiro atoms. The van der Waals surface area contributed by atoms with Gasteiger partial charge < -0.3 is 14.8 Å². The highest BCUT2D eigenvalue weighted by molar-refractivity contribution is 7.17. The number of thiophene rings is 1. The van der Waals surface area contributed by atoms with E-state index >= 15 is 0 Å². The molecule has 0 bridgehead atoms. The van der Waals surface area contributed by atoms with Crippen molar-refractivity contribution >= 4 is 44.8 Å². The third-order valence-electron chi connectivity index (χ3n) is 6.03. The lowest BCUT2D eigenvalue weighted by atomic mass is 9.79. The number of nitrogens with one attached hydrogen (secondary N) is 1. The predicted octanol–water partition coefficient (Wildman–Crippen LogP) is 5.35. The van der Waals surface area contributed by atoms with Gasteiger partial charge in [-0.15, -0.1) is 11.3 Å². The summed E-state index contributed by atoms with van der Waals surface area (Å²) in [6.07, 6.45) is 1.77. The molecule has 1 aromatic carbocycles. The molecule has 31 heavy (non-hydrogen) atoms. The first-order valence-corrected chi connectivity index (χ1v) is 11.7. The molecule has 1 N–H and O–H groups in total. The number of halogens is 1. The first kappa shape index (κ1) is 22.1. The summed E-state index contributed by atoms with van der Waals surface area (Å²) in [4.78, 5) is 26.0. The second kappa shape index (κ2) is 9.15. The molecule has 1 atom stereocenters. The number of carbonyl (C=O) groups excluding carboxylic acids is 2. The van der Waals surface area contributed by atoms with Crippen molar-refractivity contribution in [1.82, 2.24) is 5.32 Å². The summed E-state index contributed by atoms with van der Waals surface area (Å²) in [7, 11) is 0. The Morgan fingerprint density at radius 1 is 1.19 bits per heavy atom. The number of benzene rings is 1. The van der Waals surface area contributed by atoms with Crippen molar-refractivity contribution in [1.29, 1.82) is 0 Å². The fourth-order valence-corrected chi connectivity index (χ4v) is 5.61. The molecule has 0 aliphatic carbocycles. The molecule has 7 heteroatoms. The summed E-state index contributed by atoms with van der Waals surface area (Å²) in [5, 5.41) is 6.82. The first-order chi connectivity index (χ1) is 14.9. The minimum absolute atomic E-state index is 0.0707. The van der Waals surface area contributed by atoms with Crippen LogP contribution < -0.4 is 5.32 Å². The Morgan fingerprint density at radius 2 is 1.90 bits per heavy atom. The predicted molar refractivity (Wildman–Crippen MR) is 123 cm³/mol. The Hall–Kier alpha value is -2.15. The molecule has 164 valence electrons. The van der Waals surface area contributed by atoms with Gasteiger partial charge in [0.05, 0.1) is 12.2 Å². The molecule has 5 nitrogen and oxygen atoms in total. The second-order valence-corrected chi connectivity index (χ2v) is 9.52. The summed E-state index contributed by atoms with van der Waals surface area (Å²) in [6, 6.07) is 5.72. The molecule has 1 unspecified atom stereocenters. The maximum atomic E-state index is 13.3. The van der Waals surface area contributed by atoms with Gasteiger partial charge in [-0.3, -0.25) is 4.79 Å². The van der Waals surface area contributed by atoms with Crippen LogP contribution in [-0.4, -0.2) is 31.6 Å². The molecule has 0 radical (unpaired) electrons. The SMILES string of the molecule is CC(=O)C1=C(C)NC(C)=C(C(=O)OCC2CCOCC2)C1c1csc2ccc(Cl)cc12. The van der Waals surface area contributed by atoms with Crippen molar-refractivity contribution in [2.24, 2.45) is 5.92 Å². The van der Waals surface area contributed by atoms with Crippen molar-refractivity contribution in [2.75, 3.05) is 19.8 Å². The molecule has 2 aromatic rings. The summed E-state index contributed by atoms with van der Waals surface area (Å²) in [5.41, 5.74) is 3.46. The van der Waals surface area contributed by atoms with Crippen molar-refractivity contribution in [3.05, 3.63) is 56.7 Å². The van der Waals surface area contributed by atoms with Crippen LogP contribution in [0.15, 0.2) is 46.1 Å². The molecule has 1 saturated heterocycles. The summed E-state index contributed by atoms with van der Waals surface area (Å²) >= 11 is 7.86. The molecule has 1 aromatic heterocycles. The van der Waals surface area contributed by atoms with Crippen molar-refractivity contribution < 1.29 is 19.1 Å². The number of fused-ring (bicyclic) bond motifs is 1. The highest BCUT2D eigenvalue weighted by atomic mass is 35.5. The Labute approximate surface area is 191 Å². The van der Waals surface area contributed by atoms with Crippen LogP contribution in [0.3, 0.4) is 0 Å². The van der Waals surface area contributed by atoms with E-state index in [4.69, 9.17) is 21.1 Å². The van der Waals surface area contributed by atoms with Crippen molar-refractivity contribution in [2.45, 2.75) is 39.5 Å². The highest BCUT2D eigenvalue weighted by Gasteiger charge is 2.37. The van der Waals surface area contributed by atoms with Crippen LogP contribution in [0.25, 0.3) is 10.1 Å². The van der Waals surface area contributed by atoms with E-state index in [1.807, 2.05) is 37.4 Å². The Kier molecular flexibility index (Phi) is 6.51. The molecule has 1 fully saturated rings. The largest absolute Gasteiger partial charge is 0.462 e. The van der Waals surface area contributed by atoms with E-state index in [1.54, 1.807) is 18.3 Å². The van der Waals surface area contributed by atoms with Gasteiger partial charge in [0.2, 0.25) is 0 Å². The van der Waals surface area contributed by atoms with Gasteiger partial charge in [0.1, 0.15) is 0 Å². The lowest BCUT2D eigenvalue weighted by Crippen LogP contribution is -2.32. The monoisotopic (exact) mass is 459 g/mol. The lowest BCUT2D eigenvalue weighted by Gasteiger charge is -2.31. The molecule has 2 aliphatic rings. The number of ether oxygens (including phenoxy) is 2. The average Bonchev–Trinajstić information content (AvgIpc) is 3.14. The van der Waals surface area contributed by atoms with E-state index in [0.29, 0.717) is 47.6 Å². The van der Waals surface area contributed by atoms with Crippen LogP contribution in [0.4, 0.5) is 0 Å². The van der Waals surface area contributed by atoms with Gasteiger partial charge in [0, 0.05) is 45.8 Å². The number of rotatable bonds is 5. The van der Waals surface area contributed by atoms with E-state index in [-0.39, 0.29) is 11.8 Å². The fraction of sp³-hybridized carbons (Fsp3) is 0.417. The van der Waals surface area contributed by atoms with Crippen LogP contribution in [0.5, 0.6) is 0 Å². The number of esters is 1. The zero-order valence-corrected chi connectivity index (χ0v) is 19.5. The fourth-order valence-electron chi connectivity index (χ4n) is 4.47. The van der Waals surface area contributed by atoms with Crippen molar-refractivity contribution in [3.8, 4) is 0 Å². The lowest BCUT2D eigenvalue weighted by molar-refractivity contribution is -0.141. The molecule has 0 amide bonds. The van der Waals surface area contributed by atoms with E-state index in [2.05, 4.69) is 5.32 Å². The Balaban J connectivity index is 1.74. The zero-order valence-electron chi connectivity index (χ0n) is 17.9. The number of allylic oxidation sites excluding steroid dienone is 3. The number of hydrogen-bond acceptors (Lipinski definition) is 6. The van der Waals surface area contributed by atoms with E-state index in [1.165, 1.54) is 0 Å². The maximum absolute atomic E-state index is 13.3. The van der Waals surface area contributed by atoms with Gasteiger partial charge in [-0.2, -0.15) is 0 Å². The molecule has 3 heterocycles. The zero-order chi connectivity index (χ0) is 22.1. The third kappa shape index (κ3) is 4.43. The van der Waals surface area contributed by atoms with Crippen LogP contribution in [0.2, 0.25) is 5.02 Å². The van der Waals surface area contributed by atoms with Crippen LogP contribution >= 0.6 is 22.9 Å². The molecule has 2 aliphatic heterocycles. The number of carbonyl (C=O) groups is 2. The number of dihydropyridines is 1. The van der Waals surface area contributed by atoms with Gasteiger partial charge in [-0.05, 0) is 74.1 Å². The standard InChI is InChI=1S/C24H26ClNO4S/c1-13-21(15(3)27)23(19-12-31-20-5-4-17(25)10-18(19)20)22(14(2)26-13)24(28)30-11-16-6-8-29-9-7-16/h4-5,10,12,16,23,26H,6-9,11H2,1-3H3. The minimum Gasteiger partial charge on any atom is -0.462 e. The van der Waals surface area contributed by atoms with Gasteiger partial charge in [-0.1, -0.05) is 11.6 Å². The second-order valence-electron chi connectivity index (χ2n) is 8.18. The van der Waals surface area contributed by atoms with Gasteiger partial charge >= 0.3 is 5.97 Å². The number of Topliss-reactive ketones (excluding diaryl/α,β-unsaturated/α-hetero) is 1. The number of ketones is 1. The van der Waals surface area contributed by atoms with Crippen LogP contribution in [0, 0.1) is 5.92 Å². The molecular formula is C24H26ClNO4S. The smallest absolute Gasteiger partial charge is 0.336 e. The molecule has 0 saturated carbocycles. The van der Waals surface area contributed by atoms with Crippen LogP contribution in [-0.2, 0) is 19.1 Å². The minimum atomic E-state index is -0.492. The summed E-state index contributed by atoms with van der Waals surface area (Å²) in [6.45, 7) is 7.04. The Morgan fingerprint density at radius 3 is 2.61 bits per heavy atom. The summed E-state index contributed by atoms with van der Waals surface area (Å²) in [5.74, 6) is -0.639. The quantitative estimate of drug-likeness (QED) is 0.610. The number of hydrogen-bond donors (Lipinski definition) is 1. The Bertz CT molecular complexity index is 1090. The maximum Gasteiger partial charge on any atom is 0.336 e. The molecule has 4 rings (SSSR count). The van der Waals surface area contributed by atoms with Crippen molar-refractivity contribution in [3.63, 3.8) is 0 Å². The van der Waals surface area contributed by atoms with Gasteiger partial charge in [-0.25, -0.2) is 4.79 Å². The first-order valence-electron chi connectivity index (χ1n) is 10.5. The van der Waals surface area contributed by atoms with E-state index < -0.39 is 5.92 Å².